The predicted molar refractivity (Wildman–Crippen MR) is 78.6 cm³/mol. The van der Waals surface area contributed by atoms with Crippen molar-refractivity contribution in [3.8, 4) is 0 Å². The van der Waals surface area contributed by atoms with Gasteiger partial charge in [0.25, 0.3) is 17.8 Å². The summed E-state index contributed by atoms with van der Waals surface area (Å²) in [5.41, 5.74) is -0.975. The average molecular weight is 357 g/mol. The van der Waals surface area contributed by atoms with Crippen molar-refractivity contribution in [3.05, 3.63) is 59.2 Å². The molecule has 1 aromatic carbocycles. The number of amides is 1. The number of aromatic nitrogens is 1. The normalized spacial score (nSPS) is 14.8. The van der Waals surface area contributed by atoms with E-state index in [4.69, 9.17) is 0 Å². The molecule has 0 unspecified atom stereocenters. The summed E-state index contributed by atoms with van der Waals surface area (Å²) in [6.07, 6.45) is 0. The van der Waals surface area contributed by atoms with Crippen LogP contribution in [0.3, 0.4) is 0 Å². The highest BCUT2D eigenvalue weighted by Gasteiger charge is 2.30. The fourth-order valence-electron chi connectivity index (χ4n) is 2.69. The number of hydrogen-bond donors (Lipinski definition) is 0. The van der Waals surface area contributed by atoms with Crippen molar-refractivity contribution >= 4 is 11.6 Å². The van der Waals surface area contributed by atoms with Crippen LogP contribution in [0.4, 0.5) is 27.6 Å². The van der Waals surface area contributed by atoms with Gasteiger partial charge in [-0.05, 0) is 12.1 Å². The molecule has 3 rings (SSSR count). The third-order valence-corrected chi connectivity index (χ3v) is 3.96. The maximum absolute atomic E-state index is 13.8. The summed E-state index contributed by atoms with van der Waals surface area (Å²) < 4.78 is 67.7. The number of benzene rings is 1. The largest absolute Gasteiger partial charge is 0.363 e. The van der Waals surface area contributed by atoms with Crippen molar-refractivity contribution in [1.29, 1.82) is 0 Å². The van der Waals surface area contributed by atoms with Gasteiger partial charge in [0.2, 0.25) is 11.6 Å². The standard InChI is InChI=1S/C16H12F5N3O/c17-10-4-2-1-3-9(10)16(25)24-7-5-23(6-8-24)13-11(18)14(20)22-15(21)12(13)19/h1-4H,5-8H2. The molecule has 25 heavy (non-hydrogen) atoms. The molecule has 0 saturated carbocycles. The van der Waals surface area contributed by atoms with Gasteiger partial charge in [0.1, 0.15) is 11.5 Å². The Labute approximate surface area is 139 Å². The van der Waals surface area contributed by atoms with Gasteiger partial charge in [-0.2, -0.15) is 22.5 Å². The van der Waals surface area contributed by atoms with Gasteiger partial charge in [0.15, 0.2) is 0 Å². The lowest BCUT2D eigenvalue weighted by molar-refractivity contribution is 0.0741. The summed E-state index contributed by atoms with van der Waals surface area (Å²) in [6, 6.07) is 5.44. The maximum Gasteiger partial charge on any atom is 0.256 e. The van der Waals surface area contributed by atoms with Crippen LogP contribution in [0.15, 0.2) is 24.3 Å². The number of nitrogens with zero attached hydrogens (tertiary/aromatic N) is 3. The molecule has 1 saturated heterocycles. The molecule has 0 aliphatic carbocycles. The van der Waals surface area contributed by atoms with Gasteiger partial charge in [-0.15, -0.1) is 0 Å². The lowest BCUT2D eigenvalue weighted by Gasteiger charge is -2.36. The lowest BCUT2D eigenvalue weighted by Crippen LogP contribution is -2.49. The third kappa shape index (κ3) is 3.13. The number of rotatable bonds is 2. The van der Waals surface area contributed by atoms with Gasteiger partial charge in [-0.1, -0.05) is 12.1 Å². The van der Waals surface area contributed by atoms with Crippen LogP contribution in [-0.2, 0) is 0 Å². The Balaban J connectivity index is 1.77. The second-order valence-corrected chi connectivity index (χ2v) is 5.43. The van der Waals surface area contributed by atoms with Crippen molar-refractivity contribution < 1.29 is 26.7 Å². The molecule has 2 heterocycles. The number of pyridine rings is 1. The quantitative estimate of drug-likeness (QED) is 0.613. The van der Waals surface area contributed by atoms with Crippen molar-refractivity contribution in [1.82, 2.24) is 9.88 Å². The van der Waals surface area contributed by atoms with Crippen LogP contribution in [0, 0.1) is 29.3 Å². The fraction of sp³-hybridized carbons (Fsp3) is 0.250. The number of hydrogen-bond acceptors (Lipinski definition) is 3. The van der Waals surface area contributed by atoms with Crippen molar-refractivity contribution in [2.24, 2.45) is 0 Å². The van der Waals surface area contributed by atoms with Crippen molar-refractivity contribution in [2.75, 3.05) is 31.1 Å². The summed E-state index contributed by atoms with van der Waals surface area (Å²) in [5.74, 6) is -7.89. The van der Waals surface area contributed by atoms with Crippen LogP contribution in [0.25, 0.3) is 0 Å². The highest BCUT2D eigenvalue weighted by atomic mass is 19.2. The fourth-order valence-corrected chi connectivity index (χ4v) is 2.69. The number of piperazine rings is 1. The van der Waals surface area contributed by atoms with E-state index in [1.54, 1.807) is 0 Å². The molecule has 4 nitrogen and oxygen atoms in total. The van der Waals surface area contributed by atoms with Crippen LogP contribution >= 0.6 is 0 Å². The molecule has 0 spiro atoms. The SMILES string of the molecule is O=C(c1ccccc1F)N1CCN(c2c(F)c(F)nc(F)c2F)CC1. The summed E-state index contributed by atoms with van der Waals surface area (Å²) in [6.45, 7) is -0.122. The Bertz CT molecular complexity index is 795. The van der Waals surface area contributed by atoms with Gasteiger partial charge in [-0.25, -0.2) is 4.39 Å². The molecular formula is C16H12F5N3O. The van der Waals surface area contributed by atoms with Crippen molar-refractivity contribution in [2.45, 2.75) is 0 Å². The third-order valence-electron chi connectivity index (χ3n) is 3.96. The summed E-state index contributed by atoms with van der Waals surface area (Å²) in [4.78, 5) is 17.2. The van der Waals surface area contributed by atoms with E-state index in [1.165, 1.54) is 23.1 Å². The average Bonchev–Trinajstić information content (AvgIpc) is 2.61. The molecule has 9 heteroatoms. The minimum absolute atomic E-state index is 0.0115. The lowest BCUT2D eigenvalue weighted by atomic mass is 10.1. The summed E-state index contributed by atoms with van der Waals surface area (Å²) >= 11 is 0. The van der Waals surface area contributed by atoms with Crippen LogP contribution in [-0.4, -0.2) is 42.0 Å². The molecule has 132 valence electrons. The summed E-state index contributed by atoms with van der Waals surface area (Å²) in [7, 11) is 0. The molecule has 1 aliphatic heterocycles. The first-order valence-electron chi connectivity index (χ1n) is 7.39. The Morgan fingerprint density at radius 1 is 0.880 bits per heavy atom. The van der Waals surface area contributed by atoms with E-state index < -0.39 is 40.9 Å². The molecule has 1 aliphatic rings. The van der Waals surface area contributed by atoms with Gasteiger partial charge in [0.05, 0.1) is 5.56 Å². The van der Waals surface area contributed by atoms with E-state index in [1.807, 2.05) is 0 Å². The Kier molecular flexibility index (Phi) is 4.56. The minimum Gasteiger partial charge on any atom is -0.363 e. The second-order valence-electron chi connectivity index (χ2n) is 5.43. The molecule has 1 fully saturated rings. The van der Waals surface area contributed by atoms with Crippen molar-refractivity contribution in [3.63, 3.8) is 0 Å². The Hall–Kier alpha value is -2.71. The maximum atomic E-state index is 13.8. The van der Waals surface area contributed by atoms with Crippen LogP contribution < -0.4 is 4.90 Å². The van der Waals surface area contributed by atoms with Crippen LogP contribution in [0.5, 0.6) is 0 Å². The molecular weight excluding hydrogens is 345 g/mol. The van der Waals surface area contributed by atoms with E-state index in [0.717, 1.165) is 11.0 Å². The van der Waals surface area contributed by atoms with Gasteiger partial charge in [0, 0.05) is 26.2 Å². The van der Waals surface area contributed by atoms with Gasteiger partial charge >= 0.3 is 0 Å². The zero-order chi connectivity index (χ0) is 18.1. The predicted octanol–water partition coefficient (Wildman–Crippen LogP) is 2.74. The van der Waals surface area contributed by atoms with Gasteiger partial charge in [-0.3, -0.25) is 4.79 Å². The highest BCUT2D eigenvalue weighted by Crippen LogP contribution is 2.27. The monoisotopic (exact) mass is 357 g/mol. The molecule has 1 aromatic heterocycles. The number of halogens is 5. The van der Waals surface area contributed by atoms with E-state index in [2.05, 4.69) is 4.98 Å². The zero-order valence-electron chi connectivity index (χ0n) is 12.8. The number of carbonyl (C=O) groups excluding carboxylic acids is 1. The molecule has 0 atom stereocenters. The number of carbonyl (C=O) groups is 1. The van der Waals surface area contributed by atoms with E-state index in [0.29, 0.717) is 0 Å². The van der Waals surface area contributed by atoms with E-state index >= 15 is 0 Å². The minimum atomic E-state index is -1.74. The Morgan fingerprint density at radius 2 is 1.44 bits per heavy atom. The van der Waals surface area contributed by atoms with Crippen LogP contribution in [0.1, 0.15) is 10.4 Å². The molecule has 0 bridgehead atoms. The molecule has 0 radical (unpaired) electrons. The zero-order valence-corrected chi connectivity index (χ0v) is 12.8. The smallest absolute Gasteiger partial charge is 0.256 e. The van der Waals surface area contributed by atoms with E-state index in [9.17, 15) is 26.7 Å². The Morgan fingerprint density at radius 3 is 2.00 bits per heavy atom. The molecule has 2 aromatic rings. The highest BCUT2D eigenvalue weighted by molar-refractivity contribution is 5.94. The second kappa shape index (κ2) is 6.66. The number of anilines is 1. The molecule has 0 N–H and O–H groups in total. The first-order valence-corrected chi connectivity index (χ1v) is 7.39. The first-order chi connectivity index (χ1) is 11.9. The summed E-state index contributed by atoms with van der Waals surface area (Å²) in [5, 5.41) is 0. The van der Waals surface area contributed by atoms with Crippen LogP contribution in [0.2, 0.25) is 0 Å². The van der Waals surface area contributed by atoms with Gasteiger partial charge < -0.3 is 9.80 Å². The molecule has 1 amide bonds. The van der Waals surface area contributed by atoms with E-state index in [-0.39, 0.29) is 31.7 Å². The topological polar surface area (TPSA) is 36.4 Å². The first kappa shape index (κ1) is 17.1.